The number of amides is 1. The van der Waals surface area contributed by atoms with Crippen LogP contribution in [-0.4, -0.2) is 12.5 Å². The summed E-state index contributed by atoms with van der Waals surface area (Å²) < 4.78 is 0. The largest absolute Gasteiger partial charge is 0.356 e. The lowest BCUT2D eigenvalue weighted by atomic mass is 10.1. The molecule has 0 spiro atoms. The summed E-state index contributed by atoms with van der Waals surface area (Å²) in [4.78, 5) is 11.5. The van der Waals surface area contributed by atoms with E-state index in [1.807, 2.05) is 12.1 Å². The Kier molecular flexibility index (Phi) is 5.94. The summed E-state index contributed by atoms with van der Waals surface area (Å²) in [6.07, 6.45) is 3.83. The highest BCUT2D eigenvalue weighted by Gasteiger charge is 2.02. The molecule has 1 rings (SSSR count). The van der Waals surface area contributed by atoms with Crippen LogP contribution in [0.25, 0.3) is 0 Å². The van der Waals surface area contributed by atoms with Crippen LogP contribution < -0.4 is 5.32 Å². The zero-order chi connectivity index (χ0) is 11.8. The van der Waals surface area contributed by atoms with Crippen molar-refractivity contribution in [3.05, 3.63) is 34.9 Å². The van der Waals surface area contributed by atoms with E-state index in [9.17, 15) is 4.79 Å². The first-order valence-electron chi connectivity index (χ1n) is 5.73. The van der Waals surface area contributed by atoms with Crippen molar-refractivity contribution in [2.45, 2.75) is 32.6 Å². The quantitative estimate of drug-likeness (QED) is 0.759. The second-order valence-electron chi connectivity index (χ2n) is 3.86. The molecule has 0 fully saturated rings. The molecule has 1 amide bonds. The second kappa shape index (κ2) is 7.29. The van der Waals surface area contributed by atoms with Gasteiger partial charge in [0.25, 0.3) is 0 Å². The number of carbonyl (C=O) groups is 1. The Morgan fingerprint density at radius 2 is 1.94 bits per heavy atom. The van der Waals surface area contributed by atoms with Crippen LogP contribution in [-0.2, 0) is 11.2 Å². The second-order valence-corrected chi connectivity index (χ2v) is 4.30. The topological polar surface area (TPSA) is 29.1 Å². The van der Waals surface area contributed by atoms with Gasteiger partial charge < -0.3 is 5.32 Å². The summed E-state index contributed by atoms with van der Waals surface area (Å²) >= 11 is 5.77. The van der Waals surface area contributed by atoms with E-state index < -0.39 is 0 Å². The molecular weight excluding hydrogens is 222 g/mol. The van der Waals surface area contributed by atoms with E-state index in [1.54, 1.807) is 12.1 Å². The lowest BCUT2D eigenvalue weighted by Crippen LogP contribution is -2.25. The van der Waals surface area contributed by atoms with E-state index in [1.165, 1.54) is 12.8 Å². The Hall–Kier alpha value is -1.02. The molecule has 0 heterocycles. The summed E-state index contributed by atoms with van der Waals surface area (Å²) in [5, 5.41) is 3.61. The zero-order valence-corrected chi connectivity index (χ0v) is 10.4. The van der Waals surface area contributed by atoms with Gasteiger partial charge in [0.2, 0.25) is 5.91 Å². The normalized spacial score (nSPS) is 10.1. The van der Waals surface area contributed by atoms with Crippen LogP contribution in [0.5, 0.6) is 0 Å². The Morgan fingerprint density at radius 3 is 2.56 bits per heavy atom. The number of benzene rings is 1. The fraction of sp³-hybridized carbons (Fsp3) is 0.462. The molecular formula is C13H18ClNO. The fourth-order valence-electron chi connectivity index (χ4n) is 1.45. The SMILES string of the molecule is CCCCCNC(=O)Cc1ccc(Cl)cc1. The highest BCUT2D eigenvalue weighted by atomic mass is 35.5. The maximum atomic E-state index is 11.5. The molecule has 0 saturated heterocycles. The van der Waals surface area contributed by atoms with E-state index in [0.717, 1.165) is 18.5 Å². The van der Waals surface area contributed by atoms with Gasteiger partial charge in [-0.15, -0.1) is 0 Å². The molecule has 16 heavy (non-hydrogen) atoms. The van der Waals surface area contributed by atoms with Crippen molar-refractivity contribution >= 4 is 17.5 Å². The van der Waals surface area contributed by atoms with Gasteiger partial charge >= 0.3 is 0 Å². The van der Waals surface area contributed by atoms with Gasteiger partial charge in [0.1, 0.15) is 0 Å². The molecule has 3 heteroatoms. The van der Waals surface area contributed by atoms with E-state index in [4.69, 9.17) is 11.6 Å². The smallest absolute Gasteiger partial charge is 0.224 e. The first-order valence-corrected chi connectivity index (χ1v) is 6.11. The van der Waals surface area contributed by atoms with Crippen molar-refractivity contribution in [1.82, 2.24) is 5.32 Å². The number of rotatable bonds is 6. The minimum Gasteiger partial charge on any atom is -0.356 e. The van der Waals surface area contributed by atoms with Crippen molar-refractivity contribution in [2.24, 2.45) is 0 Å². The van der Waals surface area contributed by atoms with Crippen LogP contribution >= 0.6 is 11.6 Å². The summed E-state index contributed by atoms with van der Waals surface area (Å²) in [7, 11) is 0. The summed E-state index contributed by atoms with van der Waals surface area (Å²) in [5.74, 6) is 0.0819. The van der Waals surface area contributed by atoms with Crippen molar-refractivity contribution in [2.75, 3.05) is 6.54 Å². The number of hydrogen-bond acceptors (Lipinski definition) is 1. The molecule has 0 radical (unpaired) electrons. The van der Waals surface area contributed by atoms with Crippen LogP contribution in [0.3, 0.4) is 0 Å². The lowest BCUT2D eigenvalue weighted by molar-refractivity contribution is -0.120. The molecule has 88 valence electrons. The van der Waals surface area contributed by atoms with Crippen LogP contribution in [0, 0.1) is 0 Å². The standard InChI is InChI=1S/C13H18ClNO/c1-2-3-4-9-15-13(16)10-11-5-7-12(14)8-6-11/h5-8H,2-4,9-10H2,1H3,(H,15,16). The highest BCUT2D eigenvalue weighted by Crippen LogP contribution is 2.09. The van der Waals surface area contributed by atoms with Crippen molar-refractivity contribution in [1.29, 1.82) is 0 Å². The van der Waals surface area contributed by atoms with Gasteiger partial charge in [-0.25, -0.2) is 0 Å². The molecule has 0 bridgehead atoms. The predicted octanol–water partition coefficient (Wildman–Crippen LogP) is 3.19. The van der Waals surface area contributed by atoms with Gasteiger partial charge in [-0.1, -0.05) is 43.5 Å². The van der Waals surface area contributed by atoms with E-state index in [2.05, 4.69) is 12.2 Å². The van der Waals surface area contributed by atoms with Gasteiger partial charge in [0.05, 0.1) is 6.42 Å². The molecule has 0 unspecified atom stereocenters. The third-order valence-electron chi connectivity index (χ3n) is 2.38. The minimum atomic E-state index is 0.0819. The Labute approximate surface area is 102 Å². The Balaban J connectivity index is 2.26. The van der Waals surface area contributed by atoms with Crippen molar-refractivity contribution in [3.8, 4) is 0 Å². The van der Waals surface area contributed by atoms with Gasteiger partial charge in [-0.2, -0.15) is 0 Å². The van der Waals surface area contributed by atoms with Gasteiger partial charge in [0, 0.05) is 11.6 Å². The minimum absolute atomic E-state index is 0.0819. The monoisotopic (exact) mass is 239 g/mol. The molecule has 0 aliphatic carbocycles. The van der Waals surface area contributed by atoms with Gasteiger partial charge in [0.15, 0.2) is 0 Å². The molecule has 1 aromatic rings. The molecule has 0 aliphatic heterocycles. The molecule has 1 aromatic carbocycles. The maximum Gasteiger partial charge on any atom is 0.224 e. The van der Waals surface area contributed by atoms with Crippen LogP contribution in [0.2, 0.25) is 5.02 Å². The molecule has 0 saturated carbocycles. The Bertz CT molecular complexity index is 321. The van der Waals surface area contributed by atoms with E-state index >= 15 is 0 Å². The predicted molar refractivity (Wildman–Crippen MR) is 67.7 cm³/mol. The molecule has 0 aliphatic rings. The number of halogens is 1. The third kappa shape index (κ3) is 5.17. The van der Waals surface area contributed by atoms with Crippen LogP contribution in [0.15, 0.2) is 24.3 Å². The van der Waals surface area contributed by atoms with E-state index in [-0.39, 0.29) is 5.91 Å². The lowest BCUT2D eigenvalue weighted by Gasteiger charge is -2.04. The maximum absolute atomic E-state index is 11.5. The summed E-state index contributed by atoms with van der Waals surface area (Å²) in [6, 6.07) is 7.38. The Morgan fingerprint density at radius 1 is 1.25 bits per heavy atom. The van der Waals surface area contributed by atoms with E-state index in [0.29, 0.717) is 11.4 Å². The number of nitrogens with one attached hydrogen (secondary N) is 1. The fourth-order valence-corrected chi connectivity index (χ4v) is 1.58. The molecule has 0 aromatic heterocycles. The summed E-state index contributed by atoms with van der Waals surface area (Å²) in [5.41, 5.74) is 0.998. The first-order chi connectivity index (χ1) is 7.72. The number of unbranched alkanes of at least 4 members (excludes halogenated alkanes) is 2. The third-order valence-corrected chi connectivity index (χ3v) is 2.63. The average Bonchev–Trinajstić information content (AvgIpc) is 2.28. The van der Waals surface area contributed by atoms with Crippen LogP contribution in [0.4, 0.5) is 0 Å². The zero-order valence-electron chi connectivity index (χ0n) is 9.63. The molecule has 2 nitrogen and oxygen atoms in total. The number of carbonyl (C=O) groups excluding carboxylic acids is 1. The van der Waals surface area contributed by atoms with Gasteiger partial charge in [-0.05, 0) is 24.1 Å². The molecule has 1 N–H and O–H groups in total. The van der Waals surface area contributed by atoms with Crippen LogP contribution in [0.1, 0.15) is 31.7 Å². The number of hydrogen-bond donors (Lipinski definition) is 1. The molecule has 0 atom stereocenters. The van der Waals surface area contributed by atoms with Gasteiger partial charge in [-0.3, -0.25) is 4.79 Å². The summed E-state index contributed by atoms with van der Waals surface area (Å²) in [6.45, 7) is 2.93. The van der Waals surface area contributed by atoms with Crippen molar-refractivity contribution in [3.63, 3.8) is 0 Å². The first kappa shape index (κ1) is 13.0. The highest BCUT2D eigenvalue weighted by molar-refractivity contribution is 6.30. The van der Waals surface area contributed by atoms with Crippen molar-refractivity contribution < 1.29 is 4.79 Å². The average molecular weight is 240 g/mol.